The van der Waals surface area contributed by atoms with Gasteiger partial charge in [-0.15, -0.1) is 0 Å². The van der Waals surface area contributed by atoms with E-state index in [0.29, 0.717) is 11.4 Å². The zero-order chi connectivity index (χ0) is 20.5. The van der Waals surface area contributed by atoms with Gasteiger partial charge < -0.3 is 21.1 Å². The number of nitrogens with one attached hydrogen (secondary N) is 2. The molecule has 0 aliphatic rings. The van der Waals surface area contributed by atoms with Crippen molar-refractivity contribution in [1.82, 2.24) is 5.32 Å². The van der Waals surface area contributed by atoms with Crippen molar-refractivity contribution in [2.45, 2.75) is 6.42 Å². The number of hydrogen-bond acceptors (Lipinski definition) is 6. The Bertz CT molecular complexity index is 882. The number of benzene rings is 2. The predicted molar refractivity (Wildman–Crippen MR) is 99.8 cm³/mol. The molecule has 10 nitrogen and oxygen atoms in total. The summed E-state index contributed by atoms with van der Waals surface area (Å²) in [6, 6.07) is 11.6. The van der Waals surface area contributed by atoms with E-state index < -0.39 is 22.6 Å². The van der Waals surface area contributed by atoms with Gasteiger partial charge in [0.15, 0.2) is 0 Å². The van der Waals surface area contributed by atoms with Crippen LogP contribution in [0.3, 0.4) is 0 Å². The second-order valence-corrected chi connectivity index (χ2v) is 5.63. The molecule has 0 spiro atoms. The minimum Gasteiger partial charge on any atom is -0.493 e. The molecule has 0 radical (unpaired) electrons. The van der Waals surface area contributed by atoms with Crippen LogP contribution in [0.2, 0.25) is 0 Å². The number of nitrogens with zero attached hydrogens (tertiary/aromatic N) is 1. The van der Waals surface area contributed by atoms with Crippen LogP contribution in [0.15, 0.2) is 48.5 Å². The minimum atomic E-state index is -0.606. The van der Waals surface area contributed by atoms with Crippen molar-refractivity contribution in [3.8, 4) is 5.75 Å². The van der Waals surface area contributed by atoms with E-state index in [1.165, 1.54) is 18.2 Å². The lowest BCUT2D eigenvalue weighted by Crippen LogP contribution is -2.32. The fourth-order valence-electron chi connectivity index (χ4n) is 2.13. The molecule has 0 aliphatic carbocycles. The molecule has 4 N–H and O–H groups in total. The first-order valence-electron chi connectivity index (χ1n) is 8.19. The maximum absolute atomic E-state index is 12.0. The maximum Gasteiger partial charge on any atom is 0.270 e. The summed E-state index contributed by atoms with van der Waals surface area (Å²) in [4.78, 5) is 44.7. The molecule has 0 heterocycles. The van der Waals surface area contributed by atoms with Crippen LogP contribution >= 0.6 is 0 Å². The third-order valence-corrected chi connectivity index (χ3v) is 3.48. The Balaban J connectivity index is 1.82. The van der Waals surface area contributed by atoms with Crippen molar-refractivity contribution in [2.75, 3.05) is 18.5 Å². The molecule has 146 valence electrons. The van der Waals surface area contributed by atoms with Crippen molar-refractivity contribution in [1.29, 1.82) is 0 Å². The van der Waals surface area contributed by atoms with E-state index in [-0.39, 0.29) is 30.8 Å². The largest absolute Gasteiger partial charge is 0.493 e. The zero-order valence-electron chi connectivity index (χ0n) is 14.7. The number of nitrogens with two attached hydrogens (primary N) is 1. The van der Waals surface area contributed by atoms with Crippen LogP contribution in [-0.4, -0.2) is 35.8 Å². The van der Waals surface area contributed by atoms with Gasteiger partial charge in [-0.05, 0) is 30.3 Å². The topological polar surface area (TPSA) is 154 Å². The maximum atomic E-state index is 12.0. The summed E-state index contributed by atoms with van der Waals surface area (Å²) >= 11 is 0. The summed E-state index contributed by atoms with van der Waals surface area (Å²) in [6.45, 7) is -0.150. The fourth-order valence-corrected chi connectivity index (χ4v) is 2.13. The summed E-state index contributed by atoms with van der Waals surface area (Å²) in [5.41, 5.74) is 5.37. The van der Waals surface area contributed by atoms with Crippen LogP contribution in [0.25, 0.3) is 0 Å². The third kappa shape index (κ3) is 6.41. The number of carbonyl (C=O) groups is 3. The molecule has 3 amide bonds. The van der Waals surface area contributed by atoms with E-state index in [1.54, 1.807) is 24.3 Å². The second-order valence-electron chi connectivity index (χ2n) is 5.63. The first-order chi connectivity index (χ1) is 13.3. The quantitative estimate of drug-likeness (QED) is 0.435. The molecular formula is C18H18N4O6. The molecule has 2 aromatic rings. The van der Waals surface area contributed by atoms with Gasteiger partial charge in [0, 0.05) is 23.4 Å². The van der Waals surface area contributed by atoms with Crippen LogP contribution in [0.5, 0.6) is 5.75 Å². The summed E-state index contributed by atoms with van der Waals surface area (Å²) < 4.78 is 5.31. The van der Waals surface area contributed by atoms with Gasteiger partial charge in [0.05, 0.1) is 24.5 Å². The number of anilines is 1. The Labute approximate surface area is 159 Å². The molecule has 0 aliphatic heterocycles. The molecule has 0 aromatic heterocycles. The highest BCUT2D eigenvalue weighted by Gasteiger charge is 2.12. The molecule has 0 unspecified atom stereocenters. The van der Waals surface area contributed by atoms with Crippen LogP contribution in [0.4, 0.5) is 11.4 Å². The smallest absolute Gasteiger partial charge is 0.270 e. The van der Waals surface area contributed by atoms with Crippen LogP contribution < -0.4 is 21.1 Å². The van der Waals surface area contributed by atoms with Crippen molar-refractivity contribution >= 4 is 29.1 Å². The Morgan fingerprint density at radius 3 is 2.46 bits per heavy atom. The number of nitro benzene ring substituents is 1. The van der Waals surface area contributed by atoms with Crippen molar-refractivity contribution in [2.24, 2.45) is 5.73 Å². The van der Waals surface area contributed by atoms with Gasteiger partial charge in [0.25, 0.3) is 11.6 Å². The third-order valence-electron chi connectivity index (χ3n) is 3.48. The molecule has 0 atom stereocenters. The van der Waals surface area contributed by atoms with Crippen molar-refractivity contribution in [3.05, 3.63) is 64.2 Å². The van der Waals surface area contributed by atoms with Crippen molar-refractivity contribution in [3.63, 3.8) is 0 Å². The van der Waals surface area contributed by atoms with E-state index in [2.05, 4.69) is 10.6 Å². The van der Waals surface area contributed by atoms with E-state index in [1.807, 2.05) is 0 Å². The fraction of sp³-hybridized carbons (Fsp3) is 0.167. The van der Waals surface area contributed by atoms with Gasteiger partial charge in [0.2, 0.25) is 11.8 Å². The first kappa shape index (κ1) is 20.4. The first-order valence-corrected chi connectivity index (χ1v) is 8.19. The predicted octanol–water partition coefficient (Wildman–Crippen LogP) is 1.22. The minimum absolute atomic E-state index is 0.0828. The van der Waals surface area contributed by atoms with Gasteiger partial charge in [-0.25, -0.2) is 0 Å². The number of non-ortho nitro benzene ring substituents is 1. The van der Waals surface area contributed by atoms with Gasteiger partial charge in [0.1, 0.15) is 5.75 Å². The normalized spacial score (nSPS) is 10.0. The molecular weight excluding hydrogens is 368 g/mol. The molecule has 0 fully saturated rings. The summed E-state index contributed by atoms with van der Waals surface area (Å²) in [7, 11) is 0. The Kier molecular flexibility index (Phi) is 7.03. The SMILES string of the molecule is NC(=O)CCOc1ccc(NC(=O)CNC(=O)c2cccc([N+](=O)[O-])c2)cc1. The van der Waals surface area contributed by atoms with E-state index in [0.717, 1.165) is 6.07 Å². The number of ether oxygens (including phenoxy) is 1. The highest BCUT2D eigenvalue weighted by Crippen LogP contribution is 2.16. The van der Waals surface area contributed by atoms with E-state index >= 15 is 0 Å². The highest BCUT2D eigenvalue weighted by molar-refractivity contribution is 5.99. The average molecular weight is 386 g/mol. The van der Waals surface area contributed by atoms with Gasteiger partial charge in [-0.3, -0.25) is 24.5 Å². The monoisotopic (exact) mass is 386 g/mol. The second kappa shape index (κ2) is 9.67. The van der Waals surface area contributed by atoms with Crippen LogP contribution in [0, 0.1) is 10.1 Å². The van der Waals surface area contributed by atoms with Crippen LogP contribution in [-0.2, 0) is 9.59 Å². The van der Waals surface area contributed by atoms with Gasteiger partial charge in [-0.2, -0.15) is 0 Å². The Hall–Kier alpha value is -3.95. The number of amides is 3. The lowest BCUT2D eigenvalue weighted by molar-refractivity contribution is -0.384. The van der Waals surface area contributed by atoms with Crippen LogP contribution in [0.1, 0.15) is 16.8 Å². The molecule has 0 saturated carbocycles. The Morgan fingerprint density at radius 2 is 1.82 bits per heavy atom. The van der Waals surface area contributed by atoms with Crippen molar-refractivity contribution < 1.29 is 24.0 Å². The standard InChI is InChI=1S/C18H18N4O6/c19-16(23)8-9-28-15-6-4-13(5-7-15)21-17(24)11-20-18(25)12-2-1-3-14(10-12)22(26)27/h1-7,10H,8-9,11H2,(H2,19,23)(H,20,25)(H,21,24). The highest BCUT2D eigenvalue weighted by atomic mass is 16.6. The summed E-state index contributed by atoms with van der Waals surface area (Å²) in [5.74, 6) is -1.02. The molecule has 0 bridgehead atoms. The average Bonchev–Trinajstić information content (AvgIpc) is 2.67. The number of hydrogen-bond donors (Lipinski definition) is 3. The lowest BCUT2D eigenvalue weighted by atomic mass is 10.2. The Morgan fingerprint density at radius 1 is 1.11 bits per heavy atom. The number of rotatable bonds is 9. The van der Waals surface area contributed by atoms with E-state index in [4.69, 9.17) is 10.5 Å². The lowest BCUT2D eigenvalue weighted by Gasteiger charge is -2.09. The molecule has 0 saturated heterocycles. The number of nitro groups is 1. The van der Waals surface area contributed by atoms with Gasteiger partial charge >= 0.3 is 0 Å². The number of primary amides is 1. The van der Waals surface area contributed by atoms with E-state index in [9.17, 15) is 24.5 Å². The summed E-state index contributed by atoms with van der Waals surface area (Å²) in [5, 5.41) is 15.7. The molecule has 2 aromatic carbocycles. The zero-order valence-corrected chi connectivity index (χ0v) is 14.7. The molecule has 28 heavy (non-hydrogen) atoms. The number of carbonyl (C=O) groups excluding carboxylic acids is 3. The molecule has 10 heteroatoms. The van der Waals surface area contributed by atoms with Gasteiger partial charge in [-0.1, -0.05) is 6.07 Å². The summed E-state index contributed by atoms with van der Waals surface area (Å²) in [6.07, 6.45) is 0.1000. The molecule has 2 rings (SSSR count).